The number of hydrogen-bond donors (Lipinski definition) is 1. The summed E-state index contributed by atoms with van der Waals surface area (Å²) in [6.45, 7) is 5.95. The summed E-state index contributed by atoms with van der Waals surface area (Å²) in [6, 6.07) is 14.0. The monoisotopic (exact) mass is 567 g/mol. The molecular formula is C29H30ClN3O5S. The van der Waals surface area contributed by atoms with Crippen molar-refractivity contribution in [2.45, 2.75) is 62.7 Å². The molecule has 39 heavy (non-hydrogen) atoms. The van der Waals surface area contributed by atoms with E-state index in [1.54, 1.807) is 0 Å². The highest BCUT2D eigenvalue weighted by Gasteiger charge is 2.31. The van der Waals surface area contributed by atoms with Gasteiger partial charge in [0.15, 0.2) is 4.90 Å². The minimum Gasteiger partial charge on any atom is -0.493 e. The zero-order chi connectivity index (χ0) is 28.3. The Bertz CT molecular complexity index is 1720. The molecule has 4 aromatic rings. The van der Waals surface area contributed by atoms with Crippen molar-refractivity contribution >= 4 is 21.4 Å². The van der Waals surface area contributed by atoms with Crippen LogP contribution in [0.25, 0.3) is 11.4 Å². The molecule has 0 saturated carbocycles. The molecule has 2 heterocycles. The molecule has 0 aliphatic carbocycles. The molecule has 0 unspecified atom stereocenters. The standard InChI is InChI=1S/C29H30ClN3O5S/c1-4-7-11-24-31-28(35)27(29(36)33(24)26-19(5-2)9-8-10-20(26)6-3)39(37,38)23-15-13-22(14-16-23)32-18-21(30)12-17-25(32)34/h8-10,12-18,36H,4-7,11H2,1-3H3. The van der Waals surface area contributed by atoms with Crippen LogP contribution in [0.1, 0.15) is 50.6 Å². The van der Waals surface area contributed by atoms with Gasteiger partial charge in [-0.1, -0.05) is 57.0 Å². The normalized spacial score (nSPS) is 11.6. The van der Waals surface area contributed by atoms with Crippen LogP contribution in [0.15, 0.2) is 80.2 Å². The number of aromatic nitrogens is 3. The summed E-state index contributed by atoms with van der Waals surface area (Å²) in [4.78, 5) is 28.6. The summed E-state index contributed by atoms with van der Waals surface area (Å²) >= 11 is 6.01. The van der Waals surface area contributed by atoms with Crippen molar-refractivity contribution in [3.05, 3.63) is 103 Å². The quantitative estimate of drug-likeness (QED) is 0.303. The van der Waals surface area contributed by atoms with Crippen LogP contribution in [-0.2, 0) is 29.1 Å². The van der Waals surface area contributed by atoms with Crippen LogP contribution in [0.2, 0.25) is 5.02 Å². The van der Waals surface area contributed by atoms with E-state index in [0.29, 0.717) is 47.9 Å². The molecule has 10 heteroatoms. The maximum atomic E-state index is 13.8. The Balaban J connectivity index is 1.93. The summed E-state index contributed by atoms with van der Waals surface area (Å²) in [5.74, 6) is -0.351. The number of aromatic hydroxyl groups is 1. The average Bonchev–Trinajstić information content (AvgIpc) is 2.92. The lowest BCUT2D eigenvalue weighted by Crippen LogP contribution is -2.25. The third-order valence-electron chi connectivity index (χ3n) is 6.61. The summed E-state index contributed by atoms with van der Waals surface area (Å²) in [7, 11) is -4.48. The fraction of sp³-hybridized carbons (Fsp3) is 0.276. The summed E-state index contributed by atoms with van der Waals surface area (Å²) in [6.07, 6.45) is 4.62. The summed E-state index contributed by atoms with van der Waals surface area (Å²) in [5.41, 5.74) is 1.46. The molecule has 2 aromatic carbocycles. The van der Waals surface area contributed by atoms with Crippen LogP contribution >= 0.6 is 11.6 Å². The highest BCUT2D eigenvalue weighted by molar-refractivity contribution is 7.91. The number of halogens is 1. The Hall–Kier alpha value is -3.69. The number of nitrogens with zero attached hydrogens (tertiary/aromatic N) is 3. The van der Waals surface area contributed by atoms with Gasteiger partial charge >= 0.3 is 0 Å². The first-order valence-electron chi connectivity index (χ1n) is 12.8. The zero-order valence-electron chi connectivity index (χ0n) is 22.0. The first-order valence-corrected chi connectivity index (χ1v) is 14.7. The molecular weight excluding hydrogens is 538 g/mol. The second-order valence-electron chi connectivity index (χ2n) is 9.11. The van der Waals surface area contributed by atoms with Crippen molar-refractivity contribution in [2.24, 2.45) is 0 Å². The van der Waals surface area contributed by atoms with Gasteiger partial charge in [-0.3, -0.25) is 18.7 Å². The lowest BCUT2D eigenvalue weighted by Gasteiger charge is -2.22. The third kappa shape index (κ3) is 5.42. The minimum atomic E-state index is -4.48. The second kappa shape index (κ2) is 11.6. The van der Waals surface area contributed by atoms with Crippen LogP contribution in [0.4, 0.5) is 0 Å². The number of rotatable bonds is 9. The Morgan fingerprint density at radius 3 is 2.15 bits per heavy atom. The predicted molar refractivity (Wildman–Crippen MR) is 151 cm³/mol. The van der Waals surface area contributed by atoms with E-state index in [0.717, 1.165) is 17.5 Å². The molecule has 0 fully saturated rings. The van der Waals surface area contributed by atoms with E-state index in [1.807, 2.05) is 39.0 Å². The molecule has 0 bridgehead atoms. The number of unbranched alkanes of at least 4 members (excludes halogenated alkanes) is 1. The van der Waals surface area contributed by atoms with Gasteiger partial charge in [0.1, 0.15) is 5.82 Å². The fourth-order valence-corrected chi connectivity index (χ4v) is 6.08. The van der Waals surface area contributed by atoms with Crippen molar-refractivity contribution in [3.63, 3.8) is 0 Å². The molecule has 0 saturated heterocycles. The van der Waals surface area contributed by atoms with Gasteiger partial charge in [0.05, 0.1) is 15.6 Å². The SMILES string of the molecule is CCCCc1nc(=O)c(S(=O)(=O)c2ccc(-n3cc(Cl)ccc3=O)cc2)c(O)n1-c1c(CC)cccc1CC. The maximum Gasteiger partial charge on any atom is 0.296 e. The first-order chi connectivity index (χ1) is 18.6. The van der Waals surface area contributed by atoms with Gasteiger partial charge in [0.25, 0.3) is 11.1 Å². The van der Waals surface area contributed by atoms with Crippen molar-refractivity contribution in [3.8, 4) is 17.3 Å². The maximum absolute atomic E-state index is 13.8. The van der Waals surface area contributed by atoms with Gasteiger partial charge in [-0.15, -0.1) is 0 Å². The molecule has 204 valence electrons. The topological polar surface area (TPSA) is 111 Å². The zero-order valence-corrected chi connectivity index (χ0v) is 23.6. The smallest absolute Gasteiger partial charge is 0.296 e. The lowest BCUT2D eigenvalue weighted by molar-refractivity contribution is 0.409. The van der Waals surface area contributed by atoms with Crippen molar-refractivity contribution < 1.29 is 13.5 Å². The van der Waals surface area contributed by atoms with E-state index < -0.39 is 26.2 Å². The molecule has 0 radical (unpaired) electrons. The molecule has 0 amide bonds. The second-order valence-corrected chi connectivity index (χ2v) is 11.4. The molecule has 0 aliphatic rings. The fourth-order valence-electron chi connectivity index (χ4n) is 4.58. The molecule has 1 N–H and O–H groups in total. The highest BCUT2D eigenvalue weighted by atomic mass is 35.5. The van der Waals surface area contributed by atoms with Gasteiger partial charge in [-0.2, -0.15) is 4.98 Å². The van der Waals surface area contributed by atoms with Gasteiger partial charge in [0.2, 0.25) is 15.7 Å². The van der Waals surface area contributed by atoms with Gasteiger partial charge in [-0.25, -0.2) is 8.42 Å². The summed E-state index contributed by atoms with van der Waals surface area (Å²) < 4.78 is 30.2. The number of sulfone groups is 1. The van der Waals surface area contributed by atoms with Crippen molar-refractivity contribution in [1.29, 1.82) is 0 Å². The number of benzene rings is 2. The largest absolute Gasteiger partial charge is 0.493 e. The third-order valence-corrected chi connectivity index (χ3v) is 8.62. The highest BCUT2D eigenvalue weighted by Crippen LogP contribution is 2.33. The van der Waals surface area contributed by atoms with E-state index in [-0.39, 0.29) is 10.5 Å². The molecule has 4 rings (SSSR count). The Labute approximate surface area is 232 Å². The number of pyridine rings is 1. The van der Waals surface area contributed by atoms with Crippen LogP contribution < -0.4 is 11.1 Å². The van der Waals surface area contributed by atoms with Gasteiger partial charge in [0, 0.05) is 24.4 Å². The van der Waals surface area contributed by atoms with Crippen molar-refractivity contribution in [1.82, 2.24) is 14.1 Å². The van der Waals surface area contributed by atoms with Crippen LogP contribution in [0.5, 0.6) is 5.88 Å². The average molecular weight is 568 g/mol. The van der Waals surface area contributed by atoms with Crippen LogP contribution in [-0.4, -0.2) is 27.6 Å². The molecule has 0 spiro atoms. The molecule has 2 aromatic heterocycles. The van der Waals surface area contributed by atoms with E-state index in [4.69, 9.17) is 11.6 Å². The number of aryl methyl sites for hydroxylation is 3. The van der Waals surface area contributed by atoms with Gasteiger partial charge in [-0.05, 0) is 60.7 Å². The molecule has 8 nitrogen and oxygen atoms in total. The molecule has 0 aliphatic heterocycles. The summed E-state index contributed by atoms with van der Waals surface area (Å²) in [5, 5.41) is 11.9. The Morgan fingerprint density at radius 2 is 1.56 bits per heavy atom. The first kappa shape index (κ1) is 28.3. The lowest BCUT2D eigenvalue weighted by atomic mass is 10.0. The van der Waals surface area contributed by atoms with E-state index in [1.165, 1.54) is 51.7 Å². The van der Waals surface area contributed by atoms with E-state index in [2.05, 4.69) is 4.98 Å². The van der Waals surface area contributed by atoms with Gasteiger partial charge < -0.3 is 5.11 Å². The Morgan fingerprint density at radius 1 is 0.923 bits per heavy atom. The predicted octanol–water partition coefficient (Wildman–Crippen LogP) is 5.04. The van der Waals surface area contributed by atoms with Crippen LogP contribution in [0, 0.1) is 0 Å². The van der Waals surface area contributed by atoms with E-state index in [9.17, 15) is 23.1 Å². The number of hydrogen-bond acceptors (Lipinski definition) is 6. The molecule has 0 atom stereocenters. The van der Waals surface area contributed by atoms with Crippen LogP contribution in [0.3, 0.4) is 0 Å². The number of para-hydroxylation sites is 1. The minimum absolute atomic E-state index is 0.220. The van der Waals surface area contributed by atoms with Crippen molar-refractivity contribution in [2.75, 3.05) is 0 Å². The van der Waals surface area contributed by atoms with E-state index >= 15 is 0 Å². The Kier molecular flexibility index (Phi) is 8.42.